The van der Waals surface area contributed by atoms with Gasteiger partial charge in [-0.05, 0) is 42.7 Å². The fourth-order valence-corrected chi connectivity index (χ4v) is 2.16. The molecule has 26 heavy (non-hydrogen) atoms. The molecule has 0 fully saturated rings. The Hall–Kier alpha value is -2.04. The first kappa shape index (κ1) is 22.0. The standard InChI is InChI=1S/C17H19F3N4O.HI/c1-11-5-12(2)7-14(6-11)24-16(21)23-9-13-3-4-15(22-8-13)25-10-17(18,19)20;/h3-8H,9-10H2,1-2H3,(H3,21,23,24);1H. The molecule has 1 heterocycles. The van der Waals surface area contributed by atoms with Gasteiger partial charge in [-0.3, -0.25) is 0 Å². The minimum Gasteiger partial charge on any atom is -0.468 e. The fraction of sp³-hybridized carbons (Fsp3) is 0.294. The van der Waals surface area contributed by atoms with Crippen molar-refractivity contribution >= 4 is 35.6 Å². The lowest BCUT2D eigenvalue weighted by Gasteiger charge is -2.09. The zero-order valence-corrected chi connectivity index (χ0v) is 16.6. The quantitative estimate of drug-likeness (QED) is 0.383. The van der Waals surface area contributed by atoms with E-state index in [1.807, 2.05) is 32.0 Å². The third-order valence-corrected chi connectivity index (χ3v) is 3.11. The summed E-state index contributed by atoms with van der Waals surface area (Å²) in [6.45, 7) is 2.85. The van der Waals surface area contributed by atoms with Crippen LogP contribution in [0.5, 0.6) is 5.88 Å². The van der Waals surface area contributed by atoms with Crippen molar-refractivity contribution in [3.63, 3.8) is 0 Å². The second-order valence-electron chi connectivity index (χ2n) is 5.61. The molecule has 0 bridgehead atoms. The molecule has 0 saturated carbocycles. The van der Waals surface area contributed by atoms with Gasteiger partial charge in [0, 0.05) is 18.0 Å². The predicted molar refractivity (Wildman–Crippen MR) is 106 cm³/mol. The molecule has 2 aromatic rings. The molecule has 142 valence electrons. The Balaban J connectivity index is 0.00000338. The SMILES string of the molecule is Cc1cc(C)cc(NC(N)=NCc2ccc(OCC(F)(F)F)nc2)c1.I. The van der Waals surface area contributed by atoms with Crippen molar-refractivity contribution < 1.29 is 17.9 Å². The van der Waals surface area contributed by atoms with Crippen LogP contribution in [0.25, 0.3) is 0 Å². The number of ether oxygens (including phenoxy) is 1. The summed E-state index contributed by atoms with van der Waals surface area (Å²) in [5, 5.41) is 3.00. The average Bonchev–Trinajstić information content (AvgIpc) is 2.50. The van der Waals surface area contributed by atoms with E-state index in [1.165, 1.54) is 12.3 Å². The minimum absolute atomic E-state index is 0. The van der Waals surface area contributed by atoms with Gasteiger partial charge < -0.3 is 15.8 Å². The first-order valence-corrected chi connectivity index (χ1v) is 7.51. The number of hydrogen-bond donors (Lipinski definition) is 2. The van der Waals surface area contributed by atoms with Crippen LogP contribution in [0.3, 0.4) is 0 Å². The Bertz CT molecular complexity index is 728. The van der Waals surface area contributed by atoms with Crippen LogP contribution in [-0.2, 0) is 6.54 Å². The fourth-order valence-electron chi connectivity index (χ4n) is 2.16. The Morgan fingerprint density at radius 1 is 1.19 bits per heavy atom. The third-order valence-electron chi connectivity index (χ3n) is 3.11. The summed E-state index contributed by atoms with van der Waals surface area (Å²) in [5.74, 6) is 0.147. The van der Waals surface area contributed by atoms with Gasteiger partial charge in [-0.1, -0.05) is 12.1 Å². The summed E-state index contributed by atoms with van der Waals surface area (Å²) < 4.78 is 40.7. The van der Waals surface area contributed by atoms with E-state index in [4.69, 9.17) is 5.73 Å². The molecule has 0 aliphatic heterocycles. The molecule has 0 saturated heterocycles. The maximum atomic E-state index is 12.1. The molecule has 1 aromatic carbocycles. The van der Waals surface area contributed by atoms with E-state index in [-0.39, 0.29) is 42.4 Å². The van der Waals surface area contributed by atoms with Gasteiger partial charge in [-0.15, -0.1) is 24.0 Å². The molecule has 0 amide bonds. The van der Waals surface area contributed by atoms with E-state index in [9.17, 15) is 13.2 Å². The van der Waals surface area contributed by atoms with Gasteiger partial charge in [-0.2, -0.15) is 13.2 Å². The van der Waals surface area contributed by atoms with E-state index >= 15 is 0 Å². The lowest BCUT2D eigenvalue weighted by molar-refractivity contribution is -0.154. The van der Waals surface area contributed by atoms with E-state index in [1.54, 1.807) is 6.07 Å². The summed E-state index contributed by atoms with van der Waals surface area (Å²) in [6, 6.07) is 8.90. The molecule has 3 N–H and O–H groups in total. The number of benzene rings is 1. The van der Waals surface area contributed by atoms with Crippen molar-refractivity contribution in [2.24, 2.45) is 10.7 Å². The number of aliphatic imine (C=N–C) groups is 1. The number of hydrogen-bond acceptors (Lipinski definition) is 3. The number of nitrogens with two attached hydrogens (primary N) is 1. The number of aromatic nitrogens is 1. The Kier molecular flexibility index (Phi) is 8.12. The van der Waals surface area contributed by atoms with E-state index < -0.39 is 12.8 Å². The molecule has 2 rings (SSSR count). The van der Waals surface area contributed by atoms with Crippen molar-refractivity contribution in [1.82, 2.24) is 4.98 Å². The summed E-state index contributed by atoms with van der Waals surface area (Å²) in [6.07, 6.45) is -2.99. The summed E-state index contributed by atoms with van der Waals surface area (Å²) in [5.41, 5.74) is 9.60. The van der Waals surface area contributed by atoms with E-state index in [2.05, 4.69) is 20.0 Å². The monoisotopic (exact) mass is 480 g/mol. The van der Waals surface area contributed by atoms with Crippen molar-refractivity contribution in [2.75, 3.05) is 11.9 Å². The second kappa shape index (κ2) is 9.60. The van der Waals surface area contributed by atoms with Crippen LogP contribution in [0.1, 0.15) is 16.7 Å². The molecule has 0 atom stereocenters. The number of anilines is 1. The number of aryl methyl sites for hydroxylation is 2. The van der Waals surface area contributed by atoms with Crippen LogP contribution in [0, 0.1) is 13.8 Å². The Morgan fingerprint density at radius 3 is 2.38 bits per heavy atom. The number of alkyl halides is 3. The number of pyridine rings is 1. The van der Waals surface area contributed by atoms with Crippen molar-refractivity contribution in [3.05, 3.63) is 53.2 Å². The predicted octanol–water partition coefficient (Wildman–Crippen LogP) is 4.18. The molecule has 5 nitrogen and oxygen atoms in total. The Morgan fingerprint density at radius 2 is 1.85 bits per heavy atom. The molecule has 9 heteroatoms. The normalized spacial score (nSPS) is 11.7. The minimum atomic E-state index is -4.39. The van der Waals surface area contributed by atoms with Gasteiger partial charge in [0.25, 0.3) is 0 Å². The van der Waals surface area contributed by atoms with Gasteiger partial charge in [0.2, 0.25) is 5.88 Å². The topological polar surface area (TPSA) is 72.5 Å². The molecular formula is C17H20F3IN4O. The smallest absolute Gasteiger partial charge is 0.422 e. The highest BCUT2D eigenvalue weighted by atomic mass is 127. The number of nitrogens with one attached hydrogen (secondary N) is 1. The van der Waals surface area contributed by atoms with Gasteiger partial charge in [-0.25, -0.2) is 9.98 Å². The van der Waals surface area contributed by atoms with E-state index in [0.29, 0.717) is 5.56 Å². The largest absolute Gasteiger partial charge is 0.468 e. The molecule has 0 radical (unpaired) electrons. The molecule has 0 unspecified atom stereocenters. The zero-order valence-electron chi connectivity index (χ0n) is 14.3. The van der Waals surface area contributed by atoms with Gasteiger partial charge in [0.05, 0.1) is 6.54 Å². The first-order chi connectivity index (χ1) is 11.7. The average molecular weight is 480 g/mol. The molecule has 1 aromatic heterocycles. The number of halogens is 4. The summed E-state index contributed by atoms with van der Waals surface area (Å²) in [4.78, 5) is 8.00. The van der Waals surface area contributed by atoms with E-state index in [0.717, 1.165) is 16.8 Å². The zero-order chi connectivity index (χ0) is 18.4. The molecule has 0 spiro atoms. The summed E-state index contributed by atoms with van der Waals surface area (Å²) >= 11 is 0. The maximum absolute atomic E-state index is 12.1. The van der Waals surface area contributed by atoms with Crippen LogP contribution in [0.4, 0.5) is 18.9 Å². The third kappa shape index (κ3) is 7.89. The highest BCUT2D eigenvalue weighted by Crippen LogP contribution is 2.17. The molecular weight excluding hydrogens is 460 g/mol. The van der Waals surface area contributed by atoms with Gasteiger partial charge in [0.15, 0.2) is 12.6 Å². The Labute approximate surface area is 166 Å². The molecule has 0 aliphatic rings. The number of guanidine groups is 1. The maximum Gasteiger partial charge on any atom is 0.422 e. The number of nitrogens with zero attached hydrogens (tertiary/aromatic N) is 2. The van der Waals surface area contributed by atoms with Crippen LogP contribution in [-0.4, -0.2) is 23.7 Å². The highest BCUT2D eigenvalue weighted by Gasteiger charge is 2.28. The first-order valence-electron chi connectivity index (χ1n) is 7.51. The van der Waals surface area contributed by atoms with Crippen molar-refractivity contribution in [1.29, 1.82) is 0 Å². The second-order valence-corrected chi connectivity index (χ2v) is 5.61. The van der Waals surface area contributed by atoms with Crippen LogP contribution < -0.4 is 15.8 Å². The lowest BCUT2D eigenvalue weighted by Crippen LogP contribution is -2.22. The van der Waals surface area contributed by atoms with Crippen LogP contribution >= 0.6 is 24.0 Å². The lowest BCUT2D eigenvalue weighted by atomic mass is 10.1. The van der Waals surface area contributed by atoms with Gasteiger partial charge in [0.1, 0.15) is 0 Å². The van der Waals surface area contributed by atoms with Crippen molar-refractivity contribution in [3.8, 4) is 5.88 Å². The van der Waals surface area contributed by atoms with Crippen LogP contribution in [0.15, 0.2) is 41.5 Å². The summed E-state index contributed by atoms with van der Waals surface area (Å²) in [7, 11) is 0. The van der Waals surface area contributed by atoms with Crippen LogP contribution in [0.2, 0.25) is 0 Å². The van der Waals surface area contributed by atoms with Crippen molar-refractivity contribution in [2.45, 2.75) is 26.6 Å². The van der Waals surface area contributed by atoms with Gasteiger partial charge >= 0.3 is 6.18 Å². The number of rotatable bonds is 5. The molecule has 0 aliphatic carbocycles. The highest BCUT2D eigenvalue weighted by molar-refractivity contribution is 14.0.